The Morgan fingerprint density at radius 2 is 1.34 bits per heavy atom. The fourth-order valence-corrected chi connectivity index (χ4v) is 4.75. The van der Waals surface area contributed by atoms with E-state index in [1.54, 1.807) is 6.07 Å². The summed E-state index contributed by atoms with van der Waals surface area (Å²) in [4.78, 5) is 2.14. The van der Waals surface area contributed by atoms with Crippen molar-refractivity contribution >= 4 is 73.0 Å². The summed E-state index contributed by atoms with van der Waals surface area (Å²) in [6.07, 6.45) is 0. The molecule has 1 aromatic heterocycles. The largest absolute Gasteiger partial charge is 0.455 e. The van der Waals surface area contributed by atoms with Crippen LogP contribution in [0.3, 0.4) is 0 Å². The third-order valence-corrected chi connectivity index (χ3v) is 6.60. The Hall–Kier alpha value is -3.46. The summed E-state index contributed by atoms with van der Waals surface area (Å²) in [5, 5.41) is 5.37. The summed E-state index contributed by atoms with van der Waals surface area (Å²) in [5.74, 6) is 0. The Morgan fingerprint density at radius 1 is 0.594 bits per heavy atom. The van der Waals surface area contributed by atoms with Gasteiger partial charge in [0.1, 0.15) is 11.2 Å². The average molecular weight is 454 g/mol. The lowest BCUT2D eigenvalue weighted by molar-refractivity contribution is 0.672. The van der Waals surface area contributed by atoms with E-state index in [1.807, 2.05) is 54.6 Å². The molecule has 0 atom stereocenters. The van der Waals surface area contributed by atoms with Gasteiger partial charge in [0.05, 0.1) is 26.8 Å². The van der Waals surface area contributed by atoms with Crippen molar-refractivity contribution in [3.8, 4) is 0 Å². The van der Waals surface area contributed by atoms with Crippen molar-refractivity contribution in [3.05, 3.63) is 113 Å². The number of anilines is 3. The highest BCUT2D eigenvalue weighted by Crippen LogP contribution is 2.46. The summed E-state index contributed by atoms with van der Waals surface area (Å²) < 4.78 is 6.40. The van der Waals surface area contributed by atoms with E-state index >= 15 is 0 Å². The molecule has 0 radical (unpaired) electrons. The zero-order valence-corrected chi connectivity index (χ0v) is 18.4. The smallest absolute Gasteiger partial charge is 0.143 e. The first-order valence-corrected chi connectivity index (χ1v) is 11.1. The Labute approximate surface area is 195 Å². The molecule has 0 unspecified atom stereocenters. The van der Waals surface area contributed by atoms with Gasteiger partial charge in [-0.15, -0.1) is 0 Å². The van der Waals surface area contributed by atoms with Crippen LogP contribution in [0.1, 0.15) is 0 Å². The molecule has 0 N–H and O–H groups in total. The van der Waals surface area contributed by atoms with Crippen LogP contribution in [0, 0.1) is 0 Å². The second-order valence-electron chi connectivity index (χ2n) is 7.66. The normalized spacial score (nSPS) is 11.4. The van der Waals surface area contributed by atoms with E-state index in [9.17, 15) is 0 Å². The minimum Gasteiger partial charge on any atom is -0.455 e. The average Bonchev–Trinajstić information content (AvgIpc) is 3.23. The van der Waals surface area contributed by atoms with E-state index in [1.165, 1.54) is 0 Å². The van der Waals surface area contributed by atoms with Gasteiger partial charge in [0, 0.05) is 16.5 Å². The Morgan fingerprint density at radius 3 is 2.22 bits per heavy atom. The molecule has 6 rings (SSSR count). The molecule has 0 saturated heterocycles. The summed E-state index contributed by atoms with van der Waals surface area (Å²) in [7, 11) is 0. The minimum atomic E-state index is 0.508. The van der Waals surface area contributed by atoms with Crippen molar-refractivity contribution in [2.75, 3.05) is 4.90 Å². The molecule has 0 aliphatic rings. The third-order valence-electron chi connectivity index (χ3n) is 5.79. The van der Waals surface area contributed by atoms with Crippen molar-refractivity contribution in [1.82, 2.24) is 0 Å². The van der Waals surface area contributed by atoms with Gasteiger partial charge in [-0.3, -0.25) is 0 Å². The number of fused-ring (bicyclic) bond motifs is 5. The Bertz CT molecular complexity index is 1600. The SMILES string of the molecule is Clc1cccc(N(c2ccccc2)c2cccc3oc4c5ccccc5ccc4c23)c1Cl. The third kappa shape index (κ3) is 2.96. The molecule has 6 aromatic rings. The number of benzene rings is 5. The fourth-order valence-electron chi connectivity index (χ4n) is 4.37. The topological polar surface area (TPSA) is 16.4 Å². The van der Waals surface area contributed by atoms with Gasteiger partial charge in [-0.05, 0) is 47.9 Å². The molecule has 0 bridgehead atoms. The molecule has 0 fully saturated rings. The predicted molar refractivity (Wildman–Crippen MR) is 136 cm³/mol. The van der Waals surface area contributed by atoms with Gasteiger partial charge >= 0.3 is 0 Å². The van der Waals surface area contributed by atoms with Crippen molar-refractivity contribution in [3.63, 3.8) is 0 Å². The van der Waals surface area contributed by atoms with Crippen LogP contribution in [0.4, 0.5) is 17.1 Å². The van der Waals surface area contributed by atoms with Crippen LogP contribution in [0.2, 0.25) is 10.0 Å². The highest BCUT2D eigenvalue weighted by Gasteiger charge is 2.22. The van der Waals surface area contributed by atoms with Crippen LogP contribution < -0.4 is 4.90 Å². The van der Waals surface area contributed by atoms with E-state index in [2.05, 4.69) is 47.4 Å². The maximum Gasteiger partial charge on any atom is 0.143 e. The number of rotatable bonds is 3. The molecule has 0 aliphatic carbocycles. The van der Waals surface area contributed by atoms with Gasteiger partial charge < -0.3 is 9.32 Å². The van der Waals surface area contributed by atoms with Gasteiger partial charge in [0.15, 0.2) is 0 Å². The van der Waals surface area contributed by atoms with Gasteiger partial charge in [-0.2, -0.15) is 0 Å². The van der Waals surface area contributed by atoms with E-state index in [0.717, 1.165) is 49.8 Å². The van der Waals surface area contributed by atoms with Crippen LogP contribution in [-0.2, 0) is 0 Å². The fraction of sp³-hybridized carbons (Fsp3) is 0. The molecular weight excluding hydrogens is 437 g/mol. The molecule has 0 saturated carbocycles. The number of halogens is 2. The maximum atomic E-state index is 6.71. The lowest BCUT2D eigenvalue weighted by atomic mass is 10.0. The summed E-state index contributed by atoms with van der Waals surface area (Å²) in [5.41, 5.74) is 4.49. The maximum absolute atomic E-state index is 6.71. The van der Waals surface area contributed by atoms with E-state index in [-0.39, 0.29) is 0 Å². The number of hydrogen-bond acceptors (Lipinski definition) is 2. The lowest BCUT2D eigenvalue weighted by Gasteiger charge is -2.27. The molecule has 2 nitrogen and oxygen atoms in total. The van der Waals surface area contributed by atoms with Gasteiger partial charge in [0.25, 0.3) is 0 Å². The second-order valence-corrected chi connectivity index (χ2v) is 8.44. The summed E-state index contributed by atoms with van der Waals surface area (Å²) in [6.45, 7) is 0. The van der Waals surface area contributed by atoms with E-state index in [0.29, 0.717) is 10.0 Å². The van der Waals surface area contributed by atoms with Crippen LogP contribution in [0.25, 0.3) is 32.7 Å². The van der Waals surface area contributed by atoms with Crippen molar-refractivity contribution in [2.45, 2.75) is 0 Å². The molecule has 0 aliphatic heterocycles. The molecule has 4 heteroatoms. The number of nitrogens with zero attached hydrogens (tertiary/aromatic N) is 1. The molecule has 32 heavy (non-hydrogen) atoms. The minimum absolute atomic E-state index is 0.508. The first-order valence-electron chi connectivity index (χ1n) is 10.3. The summed E-state index contributed by atoms with van der Waals surface area (Å²) in [6, 6.07) is 34.5. The Kier molecular flexibility index (Phi) is 4.57. The molecule has 154 valence electrons. The lowest BCUT2D eigenvalue weighted by Crippen LogP contribution is -2.10. The van der Waals surface area contributed by atoms with Crippen LogP contribution in [-0.4, -0.2) is 0 Å². The van der Waals surface area contributed by atoms with Gasteiger partial charge in [-0.1, -0.05) is 83.9 Å². The standard InChI is InChI=1S/C28H17Cl2NO/c29-22-12-6-14-24(27(22)30)31(19-9-2-1-3-10-19)23-13-7-15-25-26(23)21-17-16-18-8-4-5-11-20(18)28(21)32-25/h1-17H. The number of para-hydroxylation sites is 1. The van der Waals surface area contributed by atoms with Crippen molar-refractivity contribution < 1.29 is 4.42 Å². The van der Waals surface area contributed by atoms with Gasteiger partial charge in [0.2, 0.25) is 0 Å². The molecular formula is C28H17Cl2NO. The highest BCUT2D eigenvalue weighted by molar-refractivity contribution is 6.44. The van der Waals surface area contributed by atoms with Crippen LogP contribution in [0.15, 0.2) is 108 Å². The zero-order valence-electron chi connectivity index (χ0n) is 16.9. The van der Waals surface area contributed by atoms with Crippen molar-refractivity contribution in [1.29, 1.82) is 0 Å². The van der Waals surface area contributed by atoms with E-state index in [4.69, 9.17) is 27.6 Å². The quantitative estimate of drug-likeness (QED) is 0.265. The van der Waals surface area contributed by atoms with Crippen LogP contribution >= 0.6 is 23.2 Å². The monoisotopic (exact) mass is 453 g/mol. The second kappa shape index (κ2) is 7.59. The molecule has 0 spiro atoms. The molecule has 1 heterocycles. The van der Waals surface area contributed by atoms with Crippen LogP contribution in [0.5, 0.6) is 0 Å². The first-order chi connectivity index (χ1) is 15.7. The first kappa shape index (κ1) is 19.2. The summed E-state index contributed by atoms with van der Waals surface area (Å²) >= 11 is 13.1. The highest BCUT2D eigenvalue weighted by atomic mass is 35.5. The number of furan rings is 1. The zero-order chi connectivity index (χ0) is 21.7. The van der Waals surface area contributed by atoms with E-state index < -0.39 is 0 Å². The van der Waals surface area contributed by atoms with Crippen molar-refractivity contribution in [2.24, 2.45) is 0 Å². The molecule has 0 amide bonds. The number of hydrogen-bond donors (Lipinski definition) is 0. The predicted octanol–water partition coefficient (Wildman–Crippen LogP) is 9.52. The Balaban J connectivity index is 1.72. The molecule has 5 aromatic carbocycles. The van der Waals surface area contributed by atoms with Gasteiger partial charge in [-0.25, -0.2) is 0 Å².